The highest BCUT2D eigenvalue weighted by Gasteiger charge is 2.17. The van der Waals surface area contributed by atoms with E-state index in [1.807, 2.05) is 6.07 Å². The fraction of sp³-hybridized carbons (Fsp3) is 0.176. The van der Waals surface area contributed by atoms with E-state index in [-0.39, 0.29) is 29.9 Å². The Labute approximate surface area is 149 Å². The van der Waals surface area contributed by atoms with Gasteiger partial charge in [-0.15, -0.1) is 0 Å². The third kappa shape index (κ3) is 4.69. The molecule has 24 heavy (non-hydrogen) atoms. The summed E-state index contributed by atoms with van der Waals surface area (Å²) in [6.45, 7) is 1.36. The van der Waals surface area contributed by atoms with E-state index in [9.17, 15) is 14.0 Å². The Morgan fingerprint density at radius 1 is 1.12 bits per heavy atom. The maximum Gasteiger partial charge on any atom is 0.240 e. The van der Waals surface area contributed by atoms with Gasteiger partial charge in [0.2, 0.25) is 11.8 Å². The van der Waals surface area contributed by atoms with Crippen LogP contribution in [0.15, 0.2) is 42.5 Å². The molecule has 7 heteroatoms. The van der Waals surface area contributed by atoms with Crippen LogP contribution in [0.4, 0.5) is 10.1 Å². The fourth-order valence-corrected chi connectivity index (χ4v) is 2.45. The minimum Gasteiger partial charge on any atom is -0.350 e. The van der Waals surface area contributed by atoms with Crippen molar-refractivity contribution in [2.24, 2.45) is 0 Å². The first-order valence-electron chi connectivity index (χ1n) is 7.11. The fourth-order valence-electron chi connectivity index (χ4n) is 2.07. The van der Waals surface area contributed by atoms with E-state index in [4.69, 9.17) is 23.2 Å². The summed E-state index contributed by atoms with van der Waals surface area (Å²) in [5.74, 6) is -1.32. The average Bonchev–Trinajstić information content (AvgIpc) is 2.54. The molecule has 0 saturated carbocycles. The number of anilines is 1. The standard InChI is InChI=1S/C17H15Cl2FN2O2/c1-11(23)22(13-6-7-16(20)15(19)8-13)10-17(24)21-9-12-4-2-3-5-14(12)18/h2-8H,9-10H2,1H3,(H,21,24). The normalized spacial score (nSPS) is 10.3. The zero-order valence-electron chi connectivity index (χ0n) is 12.9. The molecule has 0 unspecified atom stereocenters. The third-order valence-corrected chi connectivity index (χ3v) is 3.99. The Bertz CT molecular complexity index is 768. The predicted octanol–water partition coefficient (Wildman–Crippen LogP) is 3.80. The lowest BCUT2D eigenvalue weighted by atomic mass is 10.2. The molecule has 0 heterocycles. The number of amides is 2. The molecule has 0 radical (unpaired) electrons. The average molecular weight is 369 g/mol. The van der Waals surface area contributed by atoms with Crippen molar-refractivity contribution in [2.45, 2.75) is 13.5 Å². The summed E-state index contributed by atoms with van der Waals surface area (Å²) in [5.41, 5.74) is 1.12. The van der Waals surface area contributed by atoms with Crippen molar-refractivity contribution < 1.29 is 14.0 Å². The molecule has 0 spiro atoms. The third-order valence-electron chi connectivity index (χ3n) is 3.33. The molecule has 2 aromatic carbocycles. The molecule has 0 saturated heterocycles. The molecular formula is C17H15Cl2FN2O2. The van der Waals surface area contributed by atoms with Crippen LogP contribution in [0.2, 0.25) is 10.0 Å². The monoisotopic (exact) mass is 368 g/mol. The summed E-state index contributed by atoms with van der Waals surface area (Å²) < 4.78 is 13.2. The molecule has 2 amide bonds. The van der Waals surface area contributed by atoms with Gasteiger partial charge in [-0.1, -0.05) is 41.4 Å². The lowest BCUT2D eigenvalue weighted by Gasteiger charge is -2.21. The second-order valence-corrected chi connectivity index (χ2v) is 5.89. The Morgan fingerprint density at radius 2 is 1.83 bits per heavy atom. The molecule has 2 rings (SSSR count). The maximum atomic E-state index is 13.2. The zero-order valence-corrected chi connectivity index (χ0v) is 14.4. The molecule has 2 aromatic rings. The number of halogens is 3. The number of nitrogens with zero attached hydrogens (tertiary/aromatic N) is 1. The molecule has 0 aliphatic rings. The van der Waals surface area contributed by atoms with Crippen molar-refractivity contribution in [3.63, 3.8) is 0 Å². The number of nitrogens with one attached hydrogen (secondary N) is 1. The molecule has 0 aliphatic heterocycles. The van der Waals surface area contributed by atoms with Gasteiger partial charge in [-0.3, -0.25) is 9.59 Å². The number of carbonyl (C=O) groups is 2. The molecule has 126 valence electrons. The van der Waals surface area contributed by atoms with Crippen molar-refractivity contribution in [2.75, 3.05) is 11.4 Å². The van der Waals surface area contributed by atoms with Crippen molar-refractivity contribution in [1.29, 1.82) is 0 Å². The minimum absolute atomic E-state index is 0.116. The van der Waals surface area contributed by atoms with Gasteiger partial charge in [0.25, 0.3) is 0 Å². The van der Waals surface area contributed by atoms with Crippen LogP contribution in [0.1, 0.15) is 12.5 Å². The molecule has 0 aliphatic carbocycles. The SMILES string of the molecule is CC(=O)N(CC(=O)NCc1ccccc1Cl)c1ccc(F)c(Cl)c1. The summed E-state index contributed by atoms with van der Waals surface area (Å²) in [4.78, 5) is 25.1. The van der Waals surface area contributed by atoms with E-state index in [0.29, 0.717) is 10.7 Å². The topological polar surface area (TPSA) is 49.4 Å². The van der Waals surface area contributed by atoms with Gasteiger partial charge in [-0.05, 0) is 29.8 Å². The van der Waals surface area contributed by atoms with Crippen LogP contribution >= 0.6 is 23.2 Å². The summed E-state index contributed by atoms with van der Waals surface area (Å²) in [6.07, 6.45) is 0. The van der Waals surface area contributed by atoms with Gasteiger partial charge in [-0.25, -0.2) is 4.39 Å². The van der Waals surface area contributed by atoms with Crippen LogP contribution < -0.4 is 10.2 Å². The van der Waals surface area contributed by atoms with Crippen molar-refractivity contribution in [3.8, 4) is 0 Å². The number of carbonyl (C=O) groups excluding carboxylic acids is 2. The van der Waals surface area contributed by atoms with E-state index >= 15 is 0 Å². The van der Waals surface area contributed by atoms with Gasteiger partial charge in [0.1, 0.15) is 12.4 Å². The highest BCUT2D eigenvalue weighted by atomic mass is 35.5. The Hall–Kier alpha value is -2.11. The van der Waals surface area contributed by atoms with E-state index in [1.165, 1.54) is 24.0 Å². The van der Waals surface area contributed by atoms with Crippen molar-refractivity contribution in [3.05, 3.63) is 63.9 Å². The lowest BCUT2D eigenvalue weighted by molar-refractivity contribution is -0.123. The van der Waals surface area contributed by atoms with Gasteiger partial charge in [-0.2, -0.15) is 0 Å². The lowest BCUT2D eigenvalue weighted by Crippen LogP contribution is -2.39. The first-order valence-corrected chi connectivity index (χ1v) is 7.87. The van der Waals surface area contributed by atoms with E-state index in [0.717, 1.165) is 11.6 Å². The molecular weight excluding hydrogens is 354 g/mol. The number of hydrogen-bond acceptors (Lipinski definition) is 2. The van der Waals surface area contributed by atoms with Gasteiger partial charge in [0.15, 0.2) is 0 Å². The van der Waals surface area contributed by atoms with Gasteiger partial charge >= 0.3 is 0 Å². The minimum atomic E-state index is -0.591. The molecule has 1 N–H and O–H groups in total. The zero-order chi connectivity index (χ0) is 17.7. The van der Waals surface area contributed by atoms with Crippen LogP contribution in [0.3, 0.4) is 0 Å². The van der Waals surface area contributed by atoms with Gasteiger partial charge in [0, 0.05) is 24.2 Å². The summed E-state index contributed by atoms with van der Waals surface area (Å²) in [5, 5.41) is 3.13. The van der Waals surface area contributed by atoms with Crippen LogP contribution in [0.5, 0.6) is 0 Å². The van der Waals surface area contributed by atoms with Crippen molar-refractivity contribution in [1.82, 2.24) is 5.32 Å². The second kappa shape index (κ2) is 8.13. The largest absolute Gasteiger partial charge is 0.350 e. The van der Waals surface area contributed by atoms with Crippen molar-refractivity contribution >= 4 is 40.7 Å². The van der Waals surface area contributed by atoms with E-state index in [1.54, 1.807) is 18.2 Å². The van der Waals surface area contributed by atoms with Gasteiger partial charge in [0.05, 0.1) is 5.02 Å². The molecule has 0 aromatic heterocycles. The molecule has 0 atom stereocenters. The maximum absolute atomic E-state index is 13.2. The smallest absolute Gasteiger partial charge is 0.240 e. The number of hydrogen-bond donors (Lipinski definition) is 1. The Balaban J connectivity index is 2.05. The summed E-state index contributed by atoms with van der Waals surface area (Å²) in [6, 6.07) is 11.0. The Morgan fingerprint density at radius 3 is 2.46 bits per heavy atom. The second-order valence-electron chi connectivity index (χ2n) is 5.07. The Kier molecular flexibility index (Phi) is 6.17. The molecule has 0 bridgehead atoms. The molecule has 0 fully saturated rings. The predicted molar refractivity (Wildman–Crippen MR) is 92.7 cm³/mol. The van der Waals surface area contributed by atoms with Gasteiger partial charge < -0.3 is 10.2 Å². The van der Waals surface area contributed by atoms with Crippen LogP contribution in [-0.2, 0) is 16.1 Å². The first-order chi connectivity index (χ1) is 11.4. The summed E-state index contributed by atoms with van der Waals surface area (Å²) >= 11 is 11.8. The van der Waals surface area contributed by atoms with E-state index < -0.39 is 5.82 Å². The first kappa shape index (κ1) is 18.2. The quantitative estimate of drug-likeness (QED) is 0.872. The van der Waals surface area contributed by atoms with Crippen LogP contribution in [-0.4, -0.2) is 18.4 Å². The molecule has 4 nitrogen and oxygen atoms in total. The number of benzene rings is 2. The number of rotatable bonds is 5. The van der Waals surface area contributed by atoms with Crippen LogP contribution in [0.25, 0.3) is 0 Å². The van der Waals surface area contributed by atoms with E-state index in [2.05, 4.69) is 5.32 Å². The summed E-state index contributed by atoms with van der Waals surface area (Å²) in [7, 11) is 0. The highest BCUT2D eigenvalue weighted by Crippen LogP contribution is 2.22. The highest BCUT2D eigenvalue weighted by molar-refractivity contribution is 6.31. The van der Waals surface area contributed by atoms with Crippen LogP contribution in [0, 0.1) is 5.82 Å².